The zero-order chi connectivity index (χ0) is 46.4. The minimum absolute atomic E-state index is 0.163. The molecule has 0 radical (unpaired) electrons. The molecule has 350 valence electrons. The third kappa shape index (κ3) is 6.39. The van der Waals surface area contributed by atoms with Gasteiger partial charge in [-0.25, -0.2) is 4.79 Å². The van der Waals surface area contributed by atoms with Crippen LogP contribution in [0.2, 0.25) is 0 Å². The SMILES string of the molecule is CC[C@]1(O)C[C@H]2CN(CCc3c([nH]c4ccc(CCC(C)C)cc34)[C@@](C(=O)OC)(c3cc4c(cc3OC)N(C=O)C3[C@]45CCN4CC=C[C@@](CC)([C@@H](OC(C)=O)[C@]3(O)C(=O)OC)[C@H]45)C2)C1. The molecule has 5 aliphatic heterocycles. The second-order valence-corrected chi connectivity index (χ2v) is 20.4. The van der Waals surface area contributed by atoms with Gasteiger partial charge in [0.1, 0.15) is 11.2 Å². The number of amides is 1. The molecule has 1 aromatic heterocycles. The van der Waals surface area contributed by atoms with Gasteiger partial charge in [0.05, 0.1) is 38.7 Å². The van der Waals surface area contributed by atoms with E-state index in [0.29, 0.717) is 105 Å². The number of benzene rings is 2. The molecule has 1 amide bonds. The number of aromatic amines is 1. The van der Waals surface area contributed by atoms with Crippen molar-refractivity contribution in [3.05, 3.63) is 70.4 Å². The van der Waals surface area contributed by atoms with Crippen molar-refractivity contribution in [3.63, 3.8) is 0 Å². The molecule has 6 aliphatic rings. The number of nitrogens with one attached hydrogen (secondary N) is 1. The molecule has 6 heterocycles. The molecule has 3 aromatic rings. The zero-order valence-electron chi connectivity index (χ0n) is 39.2. The molecule has 1 aliphatic carbocycles. The van der Waals surface area contributed by atoms with E-state index in [4.69, 9.17) is 18.9 Å². The molecule has 2 saturated heterocycles. The maximum Gasteiger partial charge on any atom is 0.344 e. The van der Waals surface area contributed by atoms with Gasteiger partial charge in [0.2, 0.25) is 12.0 Å². The molecule has 2 aromatic carbocycles. The molecule has 3 N–H and O–H groups in total. The van der Waals surface area contributed by atoms with Gasteiger partial charge in [-0.2, -0.15) is 0 Å². The number of carbonyl (C=O) groups excluding carboxylic acids is 4. The van der Waals surface area contributed by atoms with Gasteiger partial charge in [-0.1, -0.05) is 45.9 Å². The number of fused-ring (bicyclic) bond motifs is 6. The number of hydrogen-bond donors (Lipinski definition) is 3. The van der Waals surface area contributed by atoms with Crippen molar-refractivity contribution in [3.8, 4) is 5.75 Å². The Balaban J connectivity index is 1.37. The molecule has 3 fully saturated rings. The van der Waals surface area contributed by atoms with E-state index in [1.165, 1.54) is 38.7 Å². The molecule has 2 bridgehead atoms. The lowest BCUT2D eigenvalue weighted by atomic mass is 9.47. The van der Waals surface area contributed by atoms with Gasteiger partial charge >= 0.3 is 17.9 Å². The van der Waals surface area contributed by atoms with E-state index in [9.17, 15) is 24.6 Å². The first-order valence-corrected chi connectivity index (χ1v) is 23.6. The molecule has 2 unspecified atom stereocenters. The highest BCUT2D eigenvalue weighted by Gasteiger charge is 2.81. The first-order chi connectivity index (χ1) is 31.0. The van der Waals surface area contributed by atoms with Crippen LogP contribution in [0.15, 0.2) is 42.5 Å². The summed E-state index contributed by atoms with van der Waals surface area (Å²) >= 11 is 0. The quantitative estimate of drug-likeness (QED) is 0.101. The maximum absolute atomic E-state index is 15.6. The van der Waals surface area contributed by atoms with Crippen molar-refractivity contribution in [2.75, 3.05) is 59.0 Å². The van der Waals surface area contributed by atoms with Crippen LogP contribution < -0.4 is 9.64 Å². The highest BCUT2D eigenvalue weighted by Crippen LogP contribution is 2.68. The molecule has 14 heteroatoms. The first kappa shape index (κ1) is 45.4. The van der Waals surface area contributed by atoms with Crippen molar-refractivity contribution >= 4 is 40.9 Å². The third-order valence-electron chi connectivity index (χ3n) is 16.7. The molecule has 14 nitrogen and oxygen atoms in total. The minimum atomic E-state index is -2.54. The van der Waals surface area contributed by atoms with Crippen molar-refractivity contribution < 1.29 is 48.3 Å². The van der Waals surface area contributed by atoms with Crippen LogP contribution in [0.4, 0.5) is 5.69 Å². The number of methoxy groups -OCH3 is 3. The number of ether oxygens (including phenoxy) is 4. The summed E-state index contributed by atoms with van der Waals surface area (Å²) in [7, 11) is 4.13. The summed E-state index contributed by atoms with van der Waals surface area (Å²) in [5.74, 6) is -1.53. The van der Waals surface area contributed by atoms with Gasteiger partial charge in [0.15, 0.2) is 6.10 Å². The Kier molecular flexibility index (Phi) is 11.3. The molecule has 9 rings (SSSR count). The largest absolute Gasteiger partial charge is 0.496 e. The smallest absolute Gasteiger partial charge is 0.344 e. The summed E-state index contributed by atoms with van der Waals surface area (Å²) in [6, 6.07) is 8.52. The van der Waals surface area contributed by atoms with Crippen molar-refractivity contribution in [1.29, 1.82) is 0 Å². The van der Waals surface area contributed by atoms with Crippen molar-refractivity contribution in [2.45, 2.75) is 126 Å². The summed E-state index contributed by atoms with van der Waals surface area (Å²) in [6.07, 6.45) is 7.80. The predicted octanol–water partition coefficient (Wildman–Crippen LogP) is 5.11. The number of piperidine rings is 1. The second-order valence-electron chi connectivity index (χ2n) is 20.4. The average molecular weight is 895 g/mol. The van der Waals surface area contributed by atoms with Gasteiger partial charge < -0.3 is 39.0 Å². The van der Waals surface area contributed by atoms with E-state index in [1.807, 2.05) is 32.1 Å². The van der Waals surface area contributed by atoms with Gasteiger partial charge in [0, 0.05) is 78.2 Å². The number of H-pyrrole nitrogens is 1. The van der Waals surface area contributed by atoms with E-state index in [-0.39, 0.29) is 12.3 Å². The van der Waals surface area contributed by atoms with Crippen LogP contribution in [0, 0.1) is 17.3 Å². The van der Waals surface area contributed by atoms with Crippen molar-refractivity contribution in [2.24, 2.45) is 17.3 Å². The average Bonchev–Trinajstić information content (AvgIpc) is 3.97. The monoisotopic (exact) mass is 894 g/mol. The van der Waals surface area contributed by atoms with Gasteiger partial charge in [-0.05, 0) is 105 Å². The fourth-order valence-electron chi connectivity index (χ4n) is 14.1. The van der Waals surface area contributed by atoms with Crippen LogP contribution in [0.1, 0.15) is 101 Å². The Bertz CT molecular complexity index is 2450. The fourth-order valence-corrected chi connectivity index (χ4v) is 14.1. The molecule has 1 saturated carbocycles. The maximum atomic E-state index is 15.6. The van der Waals surface area contributed by atoms with E-state index in [2.05, 4.69) is 46.8 Å². The van der Waals surface area contributed by atoms with E-state index < -0.39 is 63.5 Å². The van der Waals surface area contributed by atoms with E-state index >= 15 is 4.79 Å². The number of hydrogen-bond acceptors (Lipinski definition) is 12. The number of rotatable bonds is 11. The van der Waals surface area contributed by atoms with E-state index in [0.717, 1.165) is 29.3 Å². The Morgan fingerprint density at radius 2 is 1.74 bits per heavy atom. The molecule has 10 atom stereocenters. The Labute approximate surface area is 381 Å². The summed E-state index contributed by atoms with van der Waals surface area (Å²) in [6.45, 7) is 12.6. The fraction of sp³-hybridized carbons (Fsp3) is 0.608. The van der Waals surface area contributed by atoms with Crippen LogP contribution >= 0.6 is 0 Å². The second kappa shape index (κ2) is 16.2. The Morgan fingerprint density at radius 1 is 0.969 bits per heavy atom. The molecule has 1 spiro atoms. The number of anilines is 1. The van der Waals surface area contributed by atoms with Crippen LogP contribution in [-0.2, 0) is 57.1 Å². The van der Waals surface area contributed by atoms with E-state index in [1.54, 1.807) is 6.07 Å². The Hall–Kier alpha value is -4.76. The standard InChI is InChI=1S/C51H66N4O10/c1-9-47(60)25-33-26-50(45(58)63-7,41-34(16-20-53(27-33)28-47)35-22-32(13-12-30(3)4)14-15-38(35)52-41)37-23-36-39(24-40(37)62-6)55(29-56)43-49(36)18-21-54-19-11-17-48(10-2,42(49)54)44(65-31(5)57)51(43,61)46(59)64-8/h11,14-15,17,22-24,29-30,33,42-44,52,60-61H,9-10,12-13,16,18-21,25-28H2,1-8H3/t33-,42+,43?,44-,47+,48-,49-,50+,51+/m1/s1. The summed E-state index contributed by atoms with van der Waals surface area (Å²) in [5.41, 5.74) is -1.90. The summed E-state index contributed by atoms with van der Waals surface area (Å²) in [4.78, 5) is 66.8. The zero-order valence-corrected chi connectivity index (χ0v) is 39.2. The van der Waals surface area contributed by atoms with Gasteiger partial charge in [0.25, 0.3) is 0 Å². The van der Waals surface area contributed by atoms with Crippen LogP contribution in [0.3, 0.4) is 0 Å². The number of aliphatic hydroxyl groups is 2. The Morgan fingerprint density at radius 3 is 2.40 bits per heavy atom. The lowest BCUT2D eigenvalue weighted by Crippen LogP contribution is -2.81. The number of nitrogens with zero attached hydrogens (tertiary/aromatic N) is 3. The molecular weight excluding hydrogens is 829 g/mol. The van der Waals surface area contributed by atoms with Crippen LogP contribution in [-0.4, -0.2) is 133 Å². The molecular formula is C51H66N4O10. The third-order valence-corrected chi connectivity index (χ3v) is 16.7. The van der Waals surface area contributed by atoms with Gasteiger partial charge in [-0.3, -0.25) is 24.2 Å². The topological polar surface area (TPSA) is 171 Å². The lowest BCUT2D eigenvalue weighted by Gasteiger charge is -2.63. The lowest BCUT2D eigenvalue weighted by molar-refractivity contribution is -0.228. The number of aryl methyl sites for hydroxylation is 1. The van der Waals surface area contributed by atoms with Crippen LogP contribution in [0.25, 0.3) is 10.9 Å². The highest BCUT2D eigenvalue weighted by molar-refractivity contribution is 5.96. The molecule has 65 heavy (non-hydrogen) atoms. The number of esters is 3. The first-order valence-electron chi connectivity index (χ1n) is 23.6. The van der Waals surface area contributed by atoms with Crippen molar-refractivity contribution in [1.82, 2.24) is 14.8 Å². The number of carbonyl (C=O) groups is 4. The minimum Gasteiger partial charge on any atom is -0.496 e. The summed E-state index contributed by atoms with van der Waals surface area (Å²) in [5, 5.41) is 26.5. The predicted molar refractivity (Wildman–Crippen MR) is 244 cm³/mol. The van der Waals surface area contributed by atoms with Gasteiger partial charge in [-0.15, -0.1) is 0 Å². The summed E-state index contributed by atoms with van der Waals surface area (Å²) < 4.78 is 23.9. The van der Waals surface area contributed by atoms with Crippen LogP contribution in [0.5, 0.6) is 5.75 Å². The highest BCUT2D eigenvalue weighted by atomic mass is 16.6. The normalized spacial score (nSPS) is 34.7. The number of aromatic nitrogens is 1.